The molecule has 4 heterocycles. The van der Waals surface area contributed by atoms with Gasteiger partial charge >= 0.3 is 0 Å². The van der Waals surface area contributed by atoms with Crippen LogP contribution in [0, 0.1) is 0 Å². The number of carbonyl (C=O) groups excluding carboxylic acids is 2. The number of amides is 2. The summed E-state index contributed by atoms with van der Waals surface area (Å²) in [6, 6.07) is 23.2. The monoisotopic (exact) mass is 1010 g/mol. The van der Waals surface area contributed by atoms with Crippen LogP contribution in [0.3, 0.4) is 0 Å². The van der Waals surface area contributed by atoms with Gasteiger partial charge in [-0.3, -0.25) is 14.5 Å². The number of hydrogen-bond acceptors (Lipinski definition) is 8. The molecular formula is C46H56BrCl5N6O4. The van der Waals surface area contributed by atoms with Crippen LogP contribution >= 0.6 is 74.7 Å². The average Bonchev–Trinajstić information content (AvgIpc) is 3.28. The Morgan fingerprint density at radius 1 is 0.581 bits per heavy atom. The predicted octanol–water partition coefficient (Wildman–Crippen LogP) is 9.61. The number of benzene rings is 4. The van der Waals surface area contributed by atoms with E-state index in [9.17, 15) is 9.59 Å². The highest BCUT2D eigenvalue weighted by Crippen LogP contribution is 2.34. The molecule has 336 valence electrons. The minimum Gasteiger partial charge on any atom is -0.494 e. The Labute approximate surface area is 400 Å². The molecule has 10 nitrogen and oxygen atoms in total. The van der Waals surface area contributed by atoms with E-state index in [1.165, 1.54) is 0 Å². The molecule has 2 saturated heterocycles. The molecule has 0 bridgehead atoms. The Balaban J connectivity index is 0.000000192. The molecule has 0 unspecified atom stereocenters. The maximum absolute atomic E-state index is 11.9. The van der Waals surface area contributed by atoms with Crippen LogP contribution in [0.25, 0.3) is 0 Å². The van der Waals surface area contributed by atoms with E-state index in [0.29, 0.717) is 39.8 Å². The van der Waals surface area contributed by atoms with Crippen molar-refractivity contribution in [3.63, 3.8) is 0 Å². The maximum Gasteiger partial charge on any atom is 0.251 e. The number of halogens is 6. The molecule has 0 atom stereocenters. The van der Waals surface area contributed by atoms with Crippen LogP contribution in [0.15, 0.2) is 72.8 Å². The Morgan fingerprint density at radius 2 is 1.06 bits per heavy atom. The molecule has 4 aliphatic heterocycles. The van der Waals surface area contributed by atoms with Crippen LogP contribution in [0.2, 0.25) is 20.1 Å². The van der Waals surface area contributed by atoms with Gasteiger partial charge in [0.25, 0.3) is 11.8 Å². The van der Waals surface area contributed by atoms with Gasteiger partial charge in [-0.25, -0.2) is 0 Å². The third-order valence-corrected chi connectivity index (χ3v) is 13.2. The first kappa shape index (κ1) is 49.9. The number of anilines is 2. The van der Waals surface area contributed by atoms with E-state index in [-0.39, 0.29) is 24.2 Å². The van der Waals surface area contributed by atoms with Crippen molar-refractivity contribution >= 4 is 97.9 Å². The van der Waals surface area contributed by atoms with Crippen molar-refractivity contribution in [1.82, 2.24) is 20.9 Å². The van der Waals surface area contributed by atoms with Crippen molar-refractivity contribution in [3.05, 3.63) is 115 Å². The minimum absolute atomic E-state index is 0. The fourth-order valence-corrected chi connectivity index (χ4v) is 8.79. The summed E-state index contributed by atoms with van der Waals surface area (Å²) in [5.41, 5.74) is 5.79. The van der Waals surface area contributed by atoms with E-state index in [2.05, 4.69) is 46.6 Å². The number of piperazine rings is 2. The molecule has 2 fully saturated rings. The number of carbonyl (C=O) groups is 2. The maximum atomic E-state index is 11.9. The average molecular weight is 1010 g/mol. The first-order chi connectivity index (χ1) is 29.7. The highest BCUT2D eigenvalue weighted by molar-refractivity contribution is 9.09. The first-order valence-electron chi connectivity index (χ1n) is 21.2. The van der Waals surface area contributed by atoms with E-state index >= 15 is 0 Å². The Bertz CT molecular complexity index is 2070. The fraction of sp³-hybridized carbons (Fsp3) is 0.435. The molecule has 4 aromatic carbocycles. The summed E-state index contributed by atoms with van der Waals surface area (Å²) in [5.74, 6) is 1.57. The van der Waals surface area contributed by atoms with E-state index < -0.39 is 0 Å². The SMILES string of the molecule is Cl.Clc1cccc(N2CCNCC2)c1Cl.O=C1NCCc2ccc(OCCCCBr)cc21.O=C1NCCc2ccc(OCCCCN3CCN(c4cccc(Cl)c4Cl)CC3)cc21. The van der Waals surface area contributed by atoms with Crippen LogP contribution < -0.4 is 35.2 Å². The van der Waals surface area contributed by atoms with Gasteiger partial charge in [-0.15, -0.1) is 12.4 Å². The number of hydrogen-bond donors (Lipinski definition) is 3. The van der Waals surface area contributed by atoms with Crippen LogP contribution in [0.5, 0.6) is 11.5 Å². The molecule has 0 saturated carbocycles. The molecule has 3 N–H and O–H groups in total. The molecule has 0 aliphatic carbocycles. The van der Waals surface area contributed by atoms with Gasteiger partial charge in [0.1, 0.15) is 11.5 Å². The third-order valence-electron chi connectivity index (χ3n) is 11.0. The van der Waals surface area contributed by atoms with Crippen LogP contribution in [0.4, 0.5) is 11.4 Å². The zero-order chi connectivity index (χ0) is 43.0. The van der Waals surface area contributed by atoms with Crippen molar-refractivity contribution in [2.45, 2.75) is 38.5 Å². The number of alkyl halides is 1. The summed E-state index contributed by atoms with van der Waals surface area (Å²) < 4.78 is 11.5. The standard InChI is InChI=1S/C23H27Cl2N3O2.C13H16BrNO2.C10H12Cl2N2.ClH/c24-20-4-3-5-21(22(20)25)28-13-11-27(12-14-28)10-1-2-15-30-18-7-6-17-8-9-26-23(29)19(17)16-18;14-6-1-2-8-17-11-4-3-10-5-7-15-13(16)12(10)9-11;11-8-2-1-3-9(10(8)12)14-6-4-13-5-7-14;/h3-7,16H,1-2,8-15H2,(H,26,29);3-4,9H,1-2,5-8H2,(H,15,16);1-3,13H,4-7H2;1H. The van der Waals surface area contributed by atoms with E-state index in [1.807, 2.05) is 72.8 Å². The van der Waals surface area contributed by atoms with E-state index in [0.717, 1.165) is 154 Å². The fourth-order valence-electron chi connectivity index (χ4n) is 7.57. The molecule has 4 aromatic rings. The van der Waals surface area contributed by atoms with Crippen molar-refractivity contribution in [3.8, 4) is 11.5 Å². The minimum atomic E-state index is -0.0000890. The number of unbranched alkanes of at least 4 members (excludes halogenated alkanes) is 2. The second kappa shape index (κ2) is 26.0. The smallest absolute Gasteiger partial charge is 0.251 e. The number of rotatable bonds is 13. The Kier molecular flexibility index (Phi) is 20.9. The zero-order valence-electron chi connectivity index (χ0n) is 34.8. The number of nitrogens with one attached hydrogen (secondary N) is 3. The molecule has 8 rings (SSSR count). The number of ether oxygens (including phenoxy) is 2. The lowest BCUT2D eigenvalue weighted by atomic mass is 10.0. The highest BCUT2D eigenvalue weighted by Gasteiger charge is 2.21. The summed E-state index contributed by atoms with van der Waals surface area (Å²) in [5, 5.41) is 12.6. The molecule has 2 amide bonds. The topological polar surface area (TPSA) is 98.4 Å². The van der Waals surface area contributed by atoms with Crippen LogP contribution in [-0.4, -0.2) is 107 Å². The lowest BCUT2D eigenvalue weighted by Gasteiger charge is -2.36. The van der Waals surface area contributed by atoms with Crippen molar-refractivity contribution < 1.29 is 19.1 Å². The van der Waals surface area contributed by atoms with Crippen molar-refractivity contribution in [1.29, 1.82) is 0 Å². The predicted molar refractivity (Wildman–Crippen MR) is 262 cm³/mol. The molecule has 0 spiro atoms. The zero-order valence-corrected chi connectivity index (χ0v) is 40.3. The van der Waals surface area contributed by atoms with Gasteiger partial charge in [0.2, 0.25) is 0 Å². The van der Waals surface area contributed by atoms with Gasteiger partial charge < -0.3 is 35.2 Å². The number of fused-ring (bicyclic) bond motifs is 2. The van der Waals surface area contributed by atoms with Gasteiger partial charge in [-0.2, -0.15) is 0 Å². The summed E-state index contributed by atoms with van der Waals surface area (Å²) in [4.78, 5) is 30.6. The van der Waals surface area contributed by atoms with Gasteiger partial charge in [0, 0.05) is 81.9 Å². The number of nitrogens with zero attached hydrogens (tertiary/aromatic N) is 3. The third kappa shape index (κ3) is 14.4. The molecular weight excluding hydrogens is 958 g/mol. The molecule has 16 heteroatoms. The molecule has 0 radical (unpaired) electrons. The molecule has 0 aromatic heterocycles. The van der Waals surface area contributed by atoms with Crippen molar-refractivity contribution in [2.24, 2.45) is 0 Å². The lowest BCUT2D eigenvalue weighted by Crippen LogP contribution is -2.46. The van der Waals surface area contributed by atoms with Gasteiger partial charge in [-0.1, -0.05) is 86.6 Å². The van der Waals surface area contributed by atoms with Gasteiger partial charge in [-0.05, 0) is 105 Å². The summed E-state index contributed by atoms with van der Waals surface area (Å²) in [7, 11) is 0. The second-order valence-corrected chi connectivity index (χ2v) is 17.5. The van der Waals surface area contributed by atoms with Gasteiger partial charge in [0.05, 0.1) is 44.7 Å². The van der Waals surface area contributed by atoms with E-state index in [4.69, 9.17) is 55.9 Å². The Morgan fingerprint density at radius 3 is 1.56 bits per heavy atom. The quantitative estimate of drug-likeness (QED) is 0.0901. The van der Waals surface area contributed by atoms with Crippen LogP contribution in [-0.2, 0) is 12.8 Å². The second-order valence-electron chi connectivity index (χ2n) is 15.2. The summed E-state index contributed by atoms with van der Waals surface area (Å²) in [6.45, 7) is 11.8. The largest absolute Gasteiger partial charge is 0.494 e. The lowest BCUT2D eigenvalue weighted by molar-refractivity contribution is 0.0937. The van der Waals surface area contributed by atoms with Gasteiger partial charge in [0.15, 0.2) is 0 Å². The molecule has 4 aliphatic rings. The van der Waals surface area contributed by atoms with Crippen molar-refractivity contribution in [2.75, 3.05) is 100 Å². The highest BCUT2D eigenvalue weighted by atomic mass is 79.9. The normalized spacial score (nSPS) is 15.9. The Hall–Kier alpha value is -3.13. The van der Waals surface area contributed by atoms with E-state index in [1.54, 1.807) is 0 Å². The summed E-state index contributed by atoms with van der Waals surface area (Å²) in [6.07, 6.45) is 6.00. The summed E-state index contributed by atoms with van der Waals surface area (Å²) >= 11 is 28.0. The van der Waals surface area contributed by atoms with Crippen LogP contribution in [0.1, 0.15) is 57.5 Å². The molecule has 62 heavy (non-hydrogen) atoms. The first-order valence-corrected chi connectivity index (χ1v) is 23.8.